The van der Waals surface area contributed by atoms with Crippen LogP contribution in [-0.2, 0) is 0 Å². The van der Waals surface area contributed by atoms with Gasteiger partial charge in [-0.2, -0.15) is 0 Å². The van der Waals surface area contributed by atoms with Crippen LogP contribution >= 0.6 is 0 Å². The summed E-state index contributed by atoms with van der Waals surface area (Å²) in [5.41, 5.74) is 0.575. The van der Waals surface area contributed by atoms with Crippen LogP contribution in [0.3, 0.4) is 0 Å². The summed E-state index contributed by atoms with van der Waals surface area (Å²) in [6, 6.07) is 0. The average molecular weight is 177 g/mol. The van der Waals surface area contributed by atoms with Crippen LogP contribution in [0.15, 0.2) is 5.16 Å². The first-order valence-corrected chi connectivity index (χ1v) is 4.11. The van der Waals surface area contributed by atoms with Crippen molar-refractivity contribution >= 4 is 5.71 Å². The van der Waals surface area contributed by atoms with Crippen molar-refractivity contribution in [1.82, 2.24) is 0 Å². The van der Waals surface area contributed by atoms with E-state index >= 15 is 0 Å². The predicted molar refractivity (Wildman–Crippen MR) is 41.8 cm³/mol. The lowest BCUT2D eigenvalue weighted by Crippen LogP contribution is -2.27. The van der Waals surface area contributed by atoms with Crippen molar-refractivity contribution in [3.05, 3.63) is 0 Å². The van der Waals surface area contributed by atoms with Gasteiger partial charge < -0.3 is 5.21 Å². The predicted octanol–water partition coefficient (Wildman–Crippen LogP) is 2.66. The summed E-state index contributed by atoms with van der Waals surface area (Å²) < 4.78 is 25.3. The molecule has 0 aromatic rings. The lowest BCUT2D eigenvalue weighted by atomic mass is 9.84. The minimum absolute atomic E-state index is 0.0506. The molecule has 1 aliphatic rings. The molecule has 0 aliphatic heterocycles. The monoisotopic (exact) mass is 177 g/mol. The largest absolute Gasteiger partial charge is 0.411 e. The Morgan fingerprint density at radius 1 is 1.42 bits per heavy atom. The van der Waals surface area contributed by atoms with Crippen LogP contribution in [-0.4, -0.2) is 16.8 Å². The van der Waals surface area contributed by atoms with E-state index in [9.17, 15) is 8.78 Å². The van der Waals surface area contributed by atoms with Crippen LogP contribution in [0, 0.1) is 5.92 Å². The highest BCUT2D eigenvalue weighted by Gasteiger charge is 2.35. The zero-order chi connectivity index (χ0) is 9.19. The molecule has 0 heterocycles. The zero-order valence-electron chi connectivity index (χ0n) is 7.06. The molecule has 0 unspecified atom stereocenters. The van der Waals surface area contributed by atoms with E-state index < -0.39 is 5.92 Å². The Balaban J connectivity index is 2.47. The standard InChI is InChI=1S/C8H13F2NO/c1-6(11-12)7-2-4-8(9,10)5-3-7/h7,12H,2-5H2,1H3. The summed E-state index contributed by atoms with van der Waals surface area (Å²) in [5.74, 6) is -2.44. The van der Waals surface area contributed by atoms with Gasteiger partial charge in [0.1, 0.15) is 0 Å². The van der Waals surface area contributed by atoms with Gasteiger partial charge in [-0.25, -0.2) is 8.78 Å². The van der Waals surface area contributed by atoms with Crippen LogP contribution in [0.5, 0.6) is 0 Å². The number of hydrogen-bond donors (Lipinski definition) is 1. The Hall–Kier alpha value is -0.670. The van der Waals surface area contributed by atoms with Crippen LogP contribution < -0.4 is 0 Å². The molecule has 0 aromatic heterocycles. The third kappa shape index (κ3) is 2.16. The van der Waals surface area contributed by atoms with Crippen molar-refractivity contribution in [3.8, 4) is 0 Å². The molecule has 1 N–H and O–H groups in total. The van der Waals surface area contributed by atoms with Gasteiger partial charge in [0.15, 0.2) is 0 Å². The second-order valence-electron chi connectivity index (χ2n) is 3.37. The van der Waals surface area contributed by atoms with Gasteiger partial charge in [0.25, 0.3) is 0 Å². The Kier molecular flexibility index (Phi) is 2.65. The number of oxime groups is 1. The number of alkyl halides is 2. The van der Waals surface area contributed by atoms with Gasteiger partial charge in [-0.3, -0.25) is 0 Å². The third-order valence-corrected chi connectivity index (χ3v) is 2.47. The van der Waals surface area contributed by atoms with Crippen molar-refractivity contribution < 1.29 is 14.0 Å². The topological polar surface area (TPSA) is 32.6 Å². The van der Waals surface area contributed by atoms with E-state index in [1.54, 1.807) is 6.92 Å². The molecule has 1 fully saturated rings. The molecule has 0 spiro atoms. The Morgan fingerprint density at radius 2 is 1.92 bits per heavy atom. The first-order chi connectivity index (χ1) is 5.55. The molecule has 4 heteroatoms. The third-order valence-electron chi connectivity index (χ3n) is 2.47. The fourth-order valence-corrected chi connectivity index (χ4v) is 1.54. The average Bonchev–Trinajstić information content (AvgIpc) is 2.03. The molecule has 0 aromatic carbocycles. The fraction of sp³-hybridized carbons (Fsp3) is 0.875. The quantitative estimate of drug-likeness (QED) is 0.373. The van der Waals surface area contributed by atoms with E-state index in [1.807, 2.05) is 0 Å². The van der Waals surface area contributed by atoms with Gasteiger partial charge in [-0.05, 0) is 19.8 Å². The molecule has 2 nitrogen and oxygen atoms in total. The van der Waals surface area contributed by atoms with Crippen LogP contribution in [0.25, 0.3) is 0 Å². The van der Waals surface area contributed by atoms with Gasteiger partial charge in [0, 0.05) is 18.8 Å². The van der Waals surface area contributed by atoms with E-state index in [0.29, 0.717) is 18.6 Å². The minimum atomic E-state index is -2.49. The van der Waals surface area contributed by atoms with Crippen molar-refractivity contribution in [2.45, 2.75) is 38.5 Å². The molecular formula is C8H13F2NO. The molecule has 0 atom stereocenters. The normalized spacial score (nSPS) is 25.8. The summed E-state index contributed by atoms with van der Waals surface area (Å²) in [5, 5.41) is 11.4. The van der Waals surface area contributed by atoms with E-state index in [-0.39, 0.29) is 18.8 Å². The zero-order valence-corrected chi connectivity index (χ0v) is 7.06. The van der Waals surface area contributed by atoms with Gasteiger partial charge in [0.2, 0.25) is 5.92 Å². The van der Waals surface area contributed by atoms with E-state index in [2.05, 4.69) is 5.16 Å². The summed E-state index contributed by atoms with van der Waals surface area (Å²) in [7, 11) is 0. The molecular weight excluding hydrogens is 164 g/mol. The SMILES string of the molecule is CC(=NO)C1CCC(F)(F)CC1. The fourth-order valence-electron chi connectivity index (χ4n) is 1.54. The lowest BCUT2D eigenvalue weighted by Gasteiger charge is -2.27. The number of nitrogens with zero attached hydrogens (tertiary/aromatic N) is 1. The second kappa shape index (κ2) is 3.37. The Labute approximate surface area is 70.3 Å². The summed E-state index contributed by atoms with van der Waals surface area (Å²) in [4.78, 5) is 0. The summed E-state index contributed by atoms with van der Waals surface area (Å²) in [6.45, 7) is 1.67. The van der Waals surface area contributed by atoms with Gasteiger partial charge in [-0.15, -0.1) is 0 Å². The maximum atomic E-state index is 12.6. The molecule has 1 rings (SSSR count). The van der Waals surface area contributed by atoms with Gasteiger partial charge in [0.05, 0.1) is 5.71 Å². The first-order valence-electron chi connectivity index (χ1n) is 4.11. The lowest BCUT2D eigenvalue weighted by molar-refractivity contribution is -0.0396. The van der Waals surface area contributed by atoms with E-state index in [4.69, 9.17) is 5.21 Å². The highest BCUT2D eigenvalue weighted by atomic mass is 19.3. The summed E-state index contributed by atoms with van der Waals surface area (Å²) >= 11 is 0. The molecule has 0 amide bonds. The molecule has 12 heavy (non-hydrogen) atoms. The highest BCUT2D eigenvalue weighted by molar-refractivity contribution is 5.83. The van der Waals surface area contributed by atoms with E-state index in [1.165, 1.54) is 0 Å². The molecule has 1 aliphatic carbocycles. The number of halogens is 2. The van der Waals surface area contributed by atoms with Crippen LogP contribution in [0.1, 0.15) is 32.6 Å². The van der Waals surface area contributed by atoms with Crippen molar-refractivity contribution in [2.75, 3.05) is 0 Å². The smallest absolute Gasteiger partial charge is 0.248 e. The molecule has 0 radical (unpaired) electrons. The number of hydrogen-bond acceptors (Lipinski definition) is 2. The number of rotatable bonds is 1. The van der Waals surface area contributed by atoms with Crippen LogP contribution in [0.4, 0.5) is 8.78 Å². The van der Waals surface area contributed by atoms with Crippen molar-refractivity contribution in [3.63, 3.8) is 0 Å². The maximum Gasteiger partial charge on any atom is 0.248 e. The molecule has 70 valence electrons. The minimum Gasteiger partial charge on any atom is -0.411 e. The Morgan fingerprint density at radius 3 is 2.33 bits per heavy atom. The maximum absolute atomic E-state index is 12.6. The van der Waals surface area contributed by atoms with Gasteiger partial charge >= 0.3 is 0 Å². The van der Waals surface area contributed by atoms with Gasteiger partial charge in [-0.1, -0.05) is 5.16 Å². The molecule has 0 saturated heterocycles. The Bertz CT molecular complexity index is 181. The van der Waals surface area contributed by atoms with Crippen LogP contribution in [0.2, 0.25) is 0 Å². The molecule has 0 bridgehead atoms. The first kappa shape index (κ1) is 9.42. The highest BCUT2D eigenvalue weighted by Crippen LogP contribution is 2.36. The second-order valence-corrected chi connectivity index (χ2v) is 3.37. The molecule has 1 saturated carbocycles. The summed E-state index contributed by atoms with van der Waals surface area (Å²) in [6.07, 6.45) is 0.709. The van der Waals surface area contributed by atoms with Crippen molar-refractivity contribution in [2.24, 2.45) is 11.1 Å². The van der Waals surface area contributed by atoms with Crippen molar-refractivity contribution in [1.29, 1.82) is 0 Å². The van der Waals surface area contributed by atoms with E-state index in [0.717, 1.165) is 0 Å².